The molecular formula is C32H40F5N5O3S. The smallest absolute Gasteiger partial charge is 0.435 e. The quantitative estimate of drug-likeness (QED) is 0.185. The van der Waals surface area contributed by atoms with Crippen LogP contribution in [0.3, 0.4) is 0 Å². The van der Waals surface area contributed by atoms with Crippen molar-refractivity contribution in [3.05, 3.63) is 89.2 Å². The van der Waals surface area contributed by atoms with Gasteiger partial charge in [0, 0.05) is 30.9 Å². The predicted molar refractivity (Wildman–Crippen MR) is 175 cm³/mol. The monoisotopic (exact) mass is 669 g/mol. The van der Waals surface area contributed by atoms with E-state index in [2.05, 4.69) is 26.0 Å². The molecule has 0 radical (unpaired) electrons. The number of nitrogens with zero attached hydrogens (tertiary/aromatic N) is 5. The number of hydrogen-bond acceptors (Lipinski definition) is 7. The van der Waals surface area contributed by atoms with Crippen LogP contribution in [-0.4, -0.2) is 40.7 Å². The molecule has 0 bridgehead atoms. The van der Waals surface area contributed by atoms with Crippen LogP contribution in [0.5, 0.6) is 11.5 Å². The van der Waals surface area contributed by atoms with Gasteiger partial charge in [-0.15, -0.1) is 0 Å². The van der Waals surface area contributed by atoms with E-state index in [0.717, 1.165) is 53.2 Å². The molecule has 1 atom stereocenters. The number of aryl methyl sites for hydroxylation is 1. The fraction of sp³-hybridized carbons (Fsp3) is 0.344. The first kappa shape index (κ1) is 36.1. The lowest BCUT2D eigenvalue weighted by Gasteiger charge is -2.39. The number of imidazole rings is 1. The van der Waals surface area contributed by atoms with Gasteiger partial charge in [-0.05, 0) is 93.9 Å². The average Bonchev–Trinajstić information content (AvgIpc) is 3.61. The maximum atomic E-state index is 12.7. The molecule has 0 saturated carbocycles. The molecule has 0 aliphatic carbocycles. The van der Waals surface area contributed by atoms with E-state index in [1.807, 2.05) is 80.6 Å². The van der Waals surface area contributed by atoms with Crippen LogP contribution in [0.2, 0.25) is 0 Å². The number of oxime groups is 1. The molecule has 46 heavy (non-hydrogen) atoms. The lowest BCUT2D eigenvalue weighted by Crippen LogP contribution is -2.46. The minimum absolute atomic E-state index is 0.439. The summed E-state index contributed by atoms with van der Waals surface area (Å²) in [6.45, 7) is 15.4. The highest BCUT2D eigenvalue weighted by atomic mass is 32.5. The number of rotatable bonds is 7. The number of halogens is 5. The SMILES string of the molecule is C=N/C(C)=C\C.CC.COc1cc(/C=C2\CCCN3C2=NOC3(C)c2ccc(OS(F)(F)(F)(F)F)cc2)ccc1-n1cnc(C)c1. The third-order valence-electron chi connectivity index (χ3n) is 7.04. The molecule has 14 heteroatoms. The van der Waals surface area contributed by atoms with Crippen LogP contribution in [0.1, 0.15) is 64.3 Å². The Hall–Kier alpha value is -4.33. The number of aliphatic imine (C=N–C) groups is 1. The molecule has 1 aromatic heterocycles. The number of allylic oxidation sites excluding steroid dienone is 2. The highest BCUT2D eigenvalue weighted by molar-refractivity contribution is 8.42. The van der Waals surface area contributed by atoms with E-state index in [1.165, 1.54) is 12.1 Å². The van der Waals surface area contributed by atoms with Gasteiger partial charge in [-0.1, -0.05) is 50.6 Å². The zero-order valence-corrected chi connectivity index (χ0v) is 27.8. The van der Waals surface area contributed by atoms with Crippen molar-refractivity contribution in [1.29, 1.82) is 0 Å². The van der Waals surface area contributed by atoms with Gasteiger partial charge in [-0.2, -0.15) is 0 Å². The van der Waals surface area contributed by atoms with Crippen LogP contribution >= 0.6 is 10.5 Å². The normalized spacial score (nSPS) is 20.0. The Balaban J connectivity index is 0.000000648. The summed E-state index contributed by atoms with van der Waals surface area (Å²) in [4.78, 5) is 15.6. The maximum Gasteiger partial charge on any atom is 0.435 e. The van der Waals surface area contributed by atoms with Gasteiger partial charge in [0.15, 0.2) is 5.84 Å². The Bertz CT molecular complexity index is 1640. The van der Waals surface area contributed by atoms with Crippen molar-refractivity contribution >= 4 is 29.1 Å². The molecule has 2 aromatic carbocycles. The van der Waals surface area contributed by atoms with Crippen molar-refractivity contribution in [2.45, 2.75) is 60.1 Å². The van der Waals surface area contributed by atoms with Crippen molar-refractivity contribution in [3.63, 3.8) is 0 Å². The number of aromatic nitrogens is 2. The van der Waals surface area contributed by atoms with E-state index in [9.17, 15) is 19.4 Å². The first-order valence-corrected chi connectivity index (χ1v) is 16.4. The molecule has 1 unspecified atom stereocenters. The molecule has 1 saturated heterocycles. The minimum atomic E-state index is -10.1. The van der Waals surface area contributed by atoms with Gasteiger partial charge in [0.1, 0.15) is 11.5 Å². The van der Waals surface area contributed by atoms with Crippen molar-refractivity contribution in [3.8, 4) is 17.2 Å². The molecule has 2 aliphatic rings. The van der Waals surface area contributed by atoms with Gasteiger partial charge in [0.25, 0.3) is 0 Å². The van der Waals surface area contributed by atoms with E-state index >= 15 is 0 Å². The number of methoxy groups -OCH3 is 1. The molecule has 1 fully saturated rings. The van der Waals surface area contributed by atoms with E-state index in [0.29, 0.717) is 23.7 Å². The Morgan fingerprint density at radius 2 is 1.78 bits per heavy atom. The number of piperidine rings is 1. The van der Waals surface area contributed by atoms with Crippen LogP contribution in [0, 0.1) is 6.92 Å². The molecule has 3 aromatic rings. The van der Waals surface area contributed by atoms with Crippen molar-refractivity contribution in [1.82, 2.24) is 14.5 Å². The van der Waals surface area contributed by atoms with Crippen LogP contribution in [-0.2, 0) is 10.6 Å². The summed E-state index contributed by atoms with van der Waals surface area (Å²) in [5, 5.41) is 4.28. The van der Waals surface area contributed by atoms with Crippen LogP contribution in [0.15, 0.2) is 82.5 Å². The maximum absolute atomic E-state index is 12.7. The van der Waals surface area contributed by atoms with Gasteiger partial charge >= 0.3 is 10.5 Å². The molecule has 5 rings (SSSR count). The van der Waals surface area contributed by atoms with E-state index in [4.69, 9.17) is 9.57 Å². The van der Waals surface area contributed by atoms with Crippen molar-refractivity contribution < 1.29 is 33.2 Å². The summed E-state index contributed by atoms with van der Waals surface area (Å²) in [7, 11) is -8.47. The second kappa shape index (κ2) is 13.2. The third-order valence-corrected chi connectivity index (χ3v) is 7.55. The average molecular weight is 670 g/mol. The van der Waals surface area contributed by atoms with Gasteiger partial charge in [0.2, 0.25) is 5.72 Å². The van der Waals surface area contributed by atoms with Gasteiger partial charge in [-0.25, -0.2) is 4.98 Å². The Kier molecular flexibility index (Phi) is 10.4. The topological polar surface area (TPSA) is 73.5 Å². The molecule has 252 valence electrons. The lowest BCUT2D eigenvalue weighted by atomic mass is 9.95. The summed E-state index contributed by atoms with van der Waals surface area (Å²) in [5.74, 6) is 0.255. The highest BCUT2D eigenvalue weighted by Crippen LogP contribution is 2.97. The van der Waals surface area contributed by atoms with Gasteiger partial charge < -0.3 is 23.2 Å². The van der Waals surface area contributed by atoms with Crippen molar-refractivity contribution in [2.24, 2.45) is 10.1 Å². The molecular weight excluding hydrogens is 629 g/mol. The minimum Gasteiger partial charge on any atom is -0.495 e. The number of benzene rings is 2. The standard InChI is InChI=1S/C25H25F5N4O3S.C5H9N.C2H6/c1-17-15-33(16-31-17)22-11-6-18(14-23(22)35-3)13-19-5-4-12-34-24(19)32-37-25(34,2)20-7-9-21(10-8-20)36-38(26,27,28,29)30;1-4-5(2)6-3;1-2/h6-11,13-16H,4-5,12H2,1-3H3;4H,3H2,1-2H3;1-2H3/b19-13+;5-4-;. The second-order valence-electron chi connectivity index (χ2n) is 10.4. The highest BCUT2D eigenvalue weighted by Gasteiger charge is 2.67. The van der Waals surface area contributed by atoms with Gasteiger partial charge in [0.05, 0.1) is 24.8 Å². The molecule has 3 heterocycles. The number of amidine groups is 1. The number of ether oxygens (including phenoxy) is 1. The summed E-state index contributed by atoms with van der Waals surface area (Å²) in [6.07, 6.45) is 9.01. The molecule has 8 nitrogen and oxygen atoms in total. The van der Waals surface area contributed by atoms with E-state index in [1.54, 1.807) is 20.4 Å². The number of fused-ring (bicyclic) bond motifs is 1. The van der Waals surface area contributed by atoms with Gasteiger partial charge in [-0.3, -0.25) is 4.99 Å². The first-order valence-electron chi connectivity index (χ1n) is 14.5. The van der Waals surface area contributed by atoms with Crippen LogP contribution < -0.4 is 8.92 Å². The fourth-order valence-corrected chi connectivity index (χ4v) is 5.19. The Morgan fingerprint density at radius 1 is 1.11 bits per heavy atom. The Labute approximate surface area is 266 Å². The van der Waals surface area contributed by atoms with Crippen molar-refractivity contribution in [2.75, 3.05) is 13.7 Å². The lowest BCUT2D eigenvalue weighted by molar-refractivity contribution is -0.0913. The second-order valence-corrected chi connectivity index (χ2v) is 12.3. The first-order chi connectivity index (χ1) is 21.4. The molecule has 0 amide bonds. The Morgan fingerprint density at radius 3 is 2.30 bits per heavy atom. The summed E-state index contributed by atoms with van der Waals surface area (Å²) in [5.41, 5.74) is 3.80. The third kappa shape index (κ3) is 9.12. The van der Waals surface area contributed by atoms with Crippen LogP contribution in [0.25, 0.3) is 11.8 Å². The summed E-state index contributed by atoms with van der Waals surface area (Å²) in [6, 6.07) is 10.00. The summed E-state index contributed by atoms with van der Waals surface area (Å²) >= 11 is 0. The van der Waals surface area contributed by atoms with Crippen LogP contribution in [0.4, 0.5) is 19.4 Å². The number of hydrogen-bond donors (Lipinski definition) is 0. The zero-order chi connectivity index (χ0) is 34.4. The zero-order valence-electron chi connectivity index (χ0n) is 26.9. The van der Waals surface area contributed by atoms with E-state index in [-0.39, 0.29) is 0 Å². The fourth-order valence-electron chi connectivity index (χ4n) is 4.71. The molecule has 2 aliphatic heterocycles. The summed E-state index contributed by atoms with van der Waals surface area (Å²) < 4.78 is 74.1. The molecule has 0 N–H and O–H groups in total. The van der Waals surface area contributed by atoms with E-state index < -0.39 is 22.0 Å². The molecule has 0 spiro atoms. The predicted octanol–water partition coefficient (Wildman–Crippen LogP) is 10.1. The largest absolute Gasteiger partial charge is 0.495 e.